The van der Waals surface area contributed by atoms with Crippen LogP contribution in [-0.4, -0.2) is 9.78 Å². The third kappa shape index (κ3) is 1.16. The van der Waals surface area contributed by atoms with Crippen molar-refractivity contribution in [3.8, 4) is 0 Å². The molecule has 0 radical (unpaired) electrons. The van der Waals surface area contributed by atoms with Gasteiger partial charge in [0.2, 0.25) is 0 Å². The number of rotatable bonds is 2. The quantitative estimate of drug-likeness (QED) is 0.678. The van der Waals surface area contributed by atoms with Crippen molar-refractivity contribution in [1.82, 2.24) is 9.78 Å². The van der Waals surface area contributed by atoms with Gasteiger partial charge < -0.3 is 5.73 Å². The van der Waals surface area contributed by atoms with Crippen LogP contribution in [-0.2, 0) is 13.6 Å². The number of nitrogens with two attached hydrogens (primary N) is 1. The predicted octanol–water partition coefficient (Wildman–Crippen LogP) is 0.756. The molecule has 0 amide bonds. The van der Waals surface area contributed by atoms with Crippen molar-refractivity contribution in [2.75, 3.05) is 0 Å². The van der Waals surface area contributed by atoms with E-state index in [-0.39, 0.29) is 0 Å². The van der Waals surface area contributed by atoms with E-state index < -0.39 is 0 Å². The minimum Gasteiger partial charge on any atom is -0.325 e. The molecule has 1 saturated carbocycles. The van der Waals surface area contributed by atoms with E-state index in [0.29, 0.717) is 6.54 Å². The first-order valence-corrected chi connectivity index (χ1v) is 4.04. The van der Waals surface area contributed by atoms with Crippen LogP contribution in [0.1, 0.15) is 30.1 Å². The summed E-state index contributed by atoms with van der Waals surface area (Å²) in [5.41, 5.74) is 7.84. The molecule has 0 aromatic carbocycles. The summed E-state index contributed by atoms with van der Waals surface area (Å²) in [6.45, 7) is 0.556. The van der Waals surface area contributed by atoms with E-state index >= 15 is 0 Å². The van der Waals surface area contributed by atoms with E-state index in [1.807, 2.05) is 11.7 Å². The highest BCUT2D eigenvalue weighted by Gasteiger charge is 2.26. The molecule has 0 saturated heterocycles. The Morgan fingerprint density at radius 3 is 2.91 bits per heavy atom. The molecule has 60 valence electrons. The second-order valence-corrected chi connectivity index (χ2v) is 3.16. The molecule has 1 aliphatic carbocycles. The summed E-state index contributed by atoms with van der Waals surface area (Å²) in [5, 5.41) is 4.28. The Morgan fingerprint density at radius 1 is 1.73 bits per heavy atom. The first-order chi connectivity index (χ1) is 5.31. The first kappa shape index (κ1) is 6.85. The Hall–Kier alpha value is -0.830. The maximum Gasteiger partial charge on any atom is 0.0763 e. The Morgan fingerprint density at radius 2 is 2.45 bits per heavy atom. The van der Waals surface area contributed by atoms with Gasteiger partial charge in [0, 0.05) is 25.2 Å². The van der Waals surface area contributed by atoms with Crippen LogP contribution in [0.2, 0.25) is 0 Å². The zero-order valence-electron chi connectivity index (χ0n) is 6.75. The van der Waals surface area contributed by atoms with Gasteiger partial charge in [-0.3, -0.25) is 4.68 Å². The fourth-order valence-electron chi connectivity index (χ4n) is 1.40. The van der Waals surface area contributed by atoms with Crippen LogP contribution >= 0.6 is 0 Å². The number of aromatic nitrogens is 2. The van der Waals surface area contributed by atoms with Crippen molar-refractivity contribution >= 4 is 0 Å². The van der Waals surface area contributed by atoms with E-state index in [1.54, 1.807) is 0 Å². The van der Waals surface area contributed by atoms with Gasteiger partial charge in [0.15, 0.2) is 0 Å². The zero-order chi connectivity index (χ0) is 7.84. The highest BCUT2D eigenvalue weighted by molar-refractivity contribution is 5.18. The second kappa shape index (κ2) is 2.34. The molecule has 0 aliphatic heterocycles. The molecule has 0 atom stereocenters. The Balaban J connectivity index is 2.30. The molecule has 3 nitrogen and oxygen atoms in total. The molecule has 0 bridgehead atoms. The maximum absolute atomic E-state index is 5.48. The van der Waals surface area contributed by atoms with E-state index in [0.717, 1.165) is 11.6 Å². The molecule has 1 fully saturated rings. The summed E-state index contributed by atoms with van der Waals surface area (Å²) >= 11 is 0. The molecule has 2 N–H and O–H groups in total. The Kier molecular flexibility index (Phi) is 1.46. The lowest BCUT2D eigenvalue weighted by molar-refractivity contribution is 0.699. The number of nitrogens with zero attached hydrogens (tertiary/aromatic N) is 2. The molecule has 0 unspecified atom stereocenters. The highest BCUT2D eigenvalue weighted by Crippen LogP contribution is 2.39. The van der Waals surface area contributed by atoms with Crippen LogP contribution in [0.5, 0.6) is 0 Å². The summed E-state index contributed by atoms with van der Waals surface area (Å²) in [6, 6.07) is 2.12. The Labute approximate surface area is 66.2 Å². The summed E-state index contributed by atoms with van der Waals surface area (Å²) in [6.07, 6.45) is 2.65. The van der Waals surface area contributed by atoms with Crippen molar-refractivity contribution < 1.29 is 0 Å². The van der Waals surface area contributed by atoms with Crippen molar-refractivity contribution in [2.45, 2.75) is 25.3 Å². The number of hydrogen-bond donors (Lipinski definition) is 1. The van der Waals surface area contributed by atoms with Crippen molar-refractivity contribution in [3.63, 3.8) is 0 Å². The number of aryl methyl sites for hydroxylation is 1. The Bertz CT molecular complexity index is 260. The van der Waals surface area contributed by atoms with Gasteiger partial charge in [-0.05, 0) is 18.9 Å². The molecule has 1 aromatic rings. The molecular weight excluding hydrogens is 138 g/mol. The van der Waals surface area contributed by atoms with Gasteiger partial charge in [-0.2, -0.15) is 5.10 Å². The molecule has 11 heavy (non-hydrogen) atoms. The van der Waals surface area contributed by atoms with Crippen LogP contribution < -0.4 is 5.73 Å². The van der Waals surface area contributed by atoms with E-state index in [9.17, 15) is 0 Å². The van der Waals surface area contributed by atoms with Crippen LogP contribution in [0.25, 0.3) is 0 Å². The van der Waals surface area contributed by atoms with Gasteiger partial charge in [-0.15, -0.1) is 0 Å². The summed E-state index contributed by atoms with van der Waals surface area (Å²) in [4.78, 5) is 0. The fraction of sp³-hybridized carbons (Fsp3) is 0.625. The fourth-order valence-corrected chi connectivity index (χ4v) is 1.40. The van der Waals surface area contributed by atoms with Gasteiger partial charge in [-0.1, -0.05) is 0 Å². The van der Waals surface area contributed by atoms with E-state index in [4.69, 9.17) is 5.73 Å². The monoisotopic (exact) mass is 151 g/mol. The number of hydrogen-bond acceptors (Lipinski definition) is 2. The molecule has 1 heterocycles. The standard InChI is InChI=1S/C8H13N3/c1-11-8(6-2-3-6)4-7(5-9)10-11/h4,6H,2-3,5,9H2,1H3. The average molecular weight is 151 g/mol. The second-order valence-electron chi connectivity index (χ2n) is 3.16. The summed E-state index contributed by atoms with van der Waals surface area (Å²) < 4.78 is 1.96. The van der Waals surface area contributed by atoms with Crippen LogP contribution in [0.4, 0.5) is 0 Å². The topological polar surface area (TPSA) is 43.8 Å². The summed E-state index contributed by atoms with van der Waals surface area (Å²) in [5.74, 6) is 0.771. The van der Waals surface area contributed by atoms with Crippen LogP contribution in [0, 0.1) is 0 Å². The molecule has 1 aromatic heterocycles. The summed E-state index contributed by atoms with van der Waals surface area (Å²) in [7, 11) is 1.99. The molecule has 3 heteroatoms. The lowest BCUT2D eigenvalue weighted by Crippen LogP contribution is -1.99. The van der Waals surface area contributed by atoms with Crippen molar-refractivity contribution in [1.29, 1.82) is 0 Å². The van der Waals surface area contributed by atoms with Gasteiger partial charge in [0.05, 0.1) is 5.69 Å². The van der Waals surface area contributed by atoms with Crippen molar-refractivity contribution in [3.05, 3.63) is 17.5 Å². The van der Waals surface area contributed by atoms with E-state index in [2.05, 4.69) is 11.2 Å². The minimum absolute atomic E-state index is 0.556. The van der Waals surface area contributed by atoms with Crippen LogP contribution in [0.15, 0.2) is 6.07 Å². The predicted molar refractivity (Wildman–Crippen MR) is 43.1 cm³/mol. The molecule has 2 rings (SSSR count). The average Bonchev–Trinajstić information content (AvgIpc) is 2.76. The van der Waals surface area contributed by atoms with Gasteiger partial charge in [0.25, 0.3) is 0 Å². The minimum atomic E-state index is 0.556. The lowest BCUT2D eigenvalue weighted by Gasteiger charge is -1.95. The molecule has 1 aliphatic rings. The normalized spacial score (nSPS) is 17.3. The third-order valence-electron chi connectivity index (χ3n) is 2.17. The smallest absolute Gasteiger partial charge is 0.0763 e. The largest absolute Gasteiger partial charge is 0.325 e. The maximum atomic E-state index is 5.48. The lowest BCUT2D eigenvalue weighted by atomic mass is 10.2. The van der Waals surface area contributed by atoms with Crippen LogP contribution in [0.3, 0.4) is 0 Å². The van der Waals surface area contributed by atoms with Gasteiger partial charge in [0.1, 0.15) is 0 Å². The molecule has 0 spiro atoms. The van der Waals surface area contributed by atoms with E-state index in [1.165, 1.54) is 18.5 Å². The van der Waals surface area contributed by atoms with Crippen molar-refractivity contribution in [2.24, 2.45) is 12.8 Å². The molecular formula is C8H13N3. The van der Waals surface area contributed by atoms with Gasteiger partial charge >= 0.3 is 0 Å². The van der Waals surface area contributed by atoms with Gasteiger partial charge in [-0.25, -0.2) is 0 Å². The SMILES string of the molecule is Cn1nc(CN)cc1C1CC1. The first-order valence-electron chi connectivity index (χ1n) is 4.04. The third-order valence-corrected chi connectivity index (χ3v) is 2.17. The highest BCUT2D eigenvalue weighted by atomic mass is 15.3. The zero-order valence-corrected chi connectivity index (χ0v) is 6.75.